The smallest absolute Gasteiger partial charge is 0.188 e. The summed E-state index contributed by atoms with van der Waals surface area (Å²) in [5, 5.41) is 3.84. The Balaban J connectivity index is 1.72. The molecule has 2 heteroatoms. The van der Waals surface area contributed by atoms with Gasteiger partial charge in [-0.05, 0) is 47.7 Å². The number of nitrogens with one attached hydrogen (secondary N) is 1. The fraction of sp³-hybridized carbons (Fsp3) is 0.0789. The second-order valence-corrected chi connectivity index (χ2v) is 9.99. The summed E-state index contributed by atoms with van der Waals surface area (Å²) in [7, 11) is 0. The molecule has 0 saturated heterocycles. The molecule has 0 amide bonds. The van der Waals surface area contributed by atoms with Crippen molar-refractivity contribution in [2.75, 3.05) is 0 Å². The molecule has 0 unspecified atom stereocenters. The number of rotatable bonds is 9. The standard InChI is InChI=1S/C38H33NO/c1-28-18-23-31(24-19-28)36(35(40)27-22-30-12-6-3-7-13-30)38(34-25-20-29(2)21-26-34)39-37(32-14-8-4-9-15-32)33-16-10-5-11-17-33/h3-27,37,39H,1-2H3/b27-22+,38-36-. The predicted molar refractivity (Wildman–Crippen MR) is 168 cm³/mol. The second kappa shape index (κ2) is 12.7. The van der Waals surface area contributed by atoms with Gasteiger partial charge in [-0.3, -0.25) is 4.79 Å². The number of benzene rings is 5. The molecule has 0 radical (unpaired) electrons. The maximum atomic E-state index is 14.2. The van der Waals surface area contributed by atoms with E-state index in [0.717, 1.165) is 44.6 Å². The molecule has 5 aromatic rings. The highest BCUT2D eigenvalue weighted by Crippen LogP contribution is 2.32. The Labute approximate surface area is 237 Å². The van der Waals surface area contributed by atoms with Crippen LogP contribution in [0.5, 0.6) is 0 Å². The largest absolute Gasteiger partial charge is 0.373 e. The molecule has 5 rings (SSSR count). The number of aryl methyl sites for hydroxylation is 2. The Bertz CT molecular complexity index is 1560. The molecule has 0 aliphatic heterocycles. The molecule has 2 nitrogen and oxygen atoms in total. The zero-order chi connectivity index (χ0) is 27.7. The third-order valence-electron chi connectivity index (χ3n) is 6.96. The molecule has 5 aromatic carbocycles. The number of allylic oxidation sites excluding steroid dienone is 2. The van der Waals surface area contributed by atoms with E-state index in [2.05, 4.69) is 104 Å². The first kappa shape index (κ1) is 26.6. The van der Waals surface area contributed by atoms with Gasteiger partial charge in [0.2, 0.25) is 0 Å². The number of hydrogen-bond acceptors (Lipinski definition) is 2. The fourth-order valence-electron chi connectivity index (χ4n) is 4.76. The molecule has 0 aliphatic rings. The molecule has 0 spiro atoms. The van der Waals surface area contributed by atoms with Crippen LogP contribution in [-0.4, -0.2) is 5.78 Å². The van der Waals surface area contributed by atoms with Crippen LogP contribution in [0.1, 0.15) is 45.0 Å². The maximum absolute atomic E-state index is 14.2. The molecule has 0 saturated carbocycles. The first-order chi connectivity index (χ1) is 19.6. The Morgan fingerprint density at radius 3 is 1.52 bits per heavy atom. The minimum atomic E-state index is -0.162. The Morgan fingerprint density at radius 1 is 0.575 bits per heavy atom. The van der Waals surface area contributed by atoms with Crippen LogP contribution in [0.4, 0.5) is 0 Å². The molecule has 1 N–H and O–H groups in total. The van der Waals surface area contributed by atoms with Crippen LogP contribution in [0, 0.1) is 13.8 Å². The van der Waals surface area contributed by atoms with Crippen molar-refractivity contribution in [2.45, 2.75) is 19.9 Å². The van der Waals surface area contributed by atoms with Crippen LogP contribution < -0.4 is 5.32 Å². The van der Waals surface area contributed by atoms with Gasteiger partial charge >= 0.3 is 0 Å². The van der Waals surface area contributed by atoms with E-state index in [0.29, 0.717) is 5.57 Å². The van der Waals surface area contributed by atoms with Crippen molar-refractivity contribution < 1.29 is 4.79 Å². The molecular formula is C38H33NO. The van der Waals surface area contributed by atoms with Gasteiger partial charge in [-0.15, -0.1) is 0 Å². The monoisotopic (exact) mass is 519 g/mol. The van der Waals surface area contributed by atoms with E-state index in [9.17, 15) is 4.79 Å². The number of ketones is 1. The zero-order valence-corrected chi connectivity index (χ0v) is 22.9. The molecule has 0 bridgehead atoms. The summed E-state index contributed by atoms with van der Waals surface area (Å²) in [4.78, 5) is 14.2. The molecule has 40 heavy (non-hydrogen) atoms. The summed E-state index contributed by atoms with van der Waals surface area (Å²) in [6, 6.07) is 47.1. The summed E-state index contributed by atoms with van der Waals surface area (Å²) < 4.78 is 0. The lowest BCUT2D eigenvalue weighted by Gasteiger charge is -2.25. The van der Waals surface area contributed by atoms with Gasteiger partial charge in [-0.25, -0.2) is 0 Å². The number of carbonyl (C=O) groups is 1. The predicted octanol–water partition coefficient (Wildman–Crippen LogP) is 8.83. The van der Waals surface area contributed by atoms with E-state index in [1.165, 1.54) is 0 Å². The highest BCUT2D eigenvalue weighted by atomic mass is 16.1. The van der Waals surface area contributed by atoms with Gasteiger partial charge in [-0.1, -0.05) is 157 Å². The minimum Gasteiger partial charge on any atom is -0.373 e. The quantitative estimate of drug-likeness (QED) is 0.156. The van der Waals surface area contributed by atoms with Crippen molar-refractivity contribution in [2.24, 2.45) is 0 Å². The van der Waals surface area contributed by atoms with Crippen LogP contribution in [0.3, 0.4) is 0 Å². The summed E-state index contributed by atoms with van der Waals surface area (Å²) in [6.45, 7) is 4.14. The van der Waals surface area contributed by atoms with Crippen LogP contribution >= 0.6 is 0 Å². The molecular weight excluding hydrogens is 486 g/mol. The van der Waals surface area contributed by atoms with Gasteiger partial charge in [0, 0.05) is 0 Å². The number of hydrogen-bond donors (Lipinski definition) is 1. The third-order valence-corrected chi connectivity index (χ3v) is 6.96. The Hall–Kier alpha value is -4.95. The lowest BCUT2D eigenvalue weighted by atomic mass is 9.92. The second-order valence-electron chi connectivity index (χ2n) is 9.99. The van der Waals surface area contributed by atoms with Gasteiger partial charge in [-0.2, -0.15) is 0 Å². The summed E-state index contributed by atoms with van der Waals surface area (Å²) in [5.74, 6) is -0.0596. The van der Waals surface area contributed by atoms with Crippen molar-refractivity contribution in [1.82, 2.24) is 5.32 Å². The summed E-state index contributed by atoms with van der Waals surface area (Å²) >= 11 is 0. The van der Waals surface area contributed by atoms with E-state index in [1.807, 2.05) is 60.7 Å². The summed E-state index contributed by atoms with van der Waals surface area (Å²) in [6.07, 6.45) is 3.57. The van der Waals surface area contributed by atoms with Crippen LogP contribution in [0.15, 0.2) is 146 Å². The van der Waals surface area contributed by atoms with Crippen molar-refractivity contribution >= 4 is 23.1 Å². The molecule has 0 heterocycles. The van der Waals surface area contributed by atoms with E-state index in [1.54, 1.807) is 6.08 Å². The SMILES string of the molecule is Cc1ccc(/C(NC(c2ccccc2)c2ccccc2)=C(/C(=O)/C=C/c2ccccc2)c2ccc(C)cc2)cc1. The normalized spacial score (nSPS) is 11.9. The van der Waals surface area contributed by atoms with E-state index < -0.39 is 0 Å². The minimum absolute atomic E-state index is 0.0596. The third kappa shape index (κ3) is 6.54. The van der Waals surface area contributed by atoms with Crippen LogP contribution in [0.2, 0.25) is 0 Å². The van der Waals surface area contributed by atoms with Crippen LogP contribution in [0.25, 0.3) is 17.3 Å². The first-order valence-corrected chi connectivity index (χ1v) is 13.6. The molecule has 196 valence electrons. The number of carbonyl (C=O) groups excluding carboxylic acids is 1. The van der Waals surface area contributed by atoms with Gasteiger partial charge in [0.05, 0.1) is 17.3 Å². The summed E-state index contributed by atoms with van der Waals surface area (Å²) in [5.41, 5.74) is 8.79. The Kier molecular flexibility index (Phi) is 8.48. The lowest BCUT2D eigenvalue weighted by molar-refractivity contribution is -0.109. The fourth-order valence-corrected chi connectivity index (χ4v) is 4.76. The molecule has 0 aromatic heterocycles. The van der Waals surface area contributed by atoms with Gasteiger partial charge in [0.15, 0.2) is 5.78 Å². The highest BCUT2D eigenvalue weighted by Gasteiger charge is 2.22. The lowest BCUT2D eigenvalue weighted by Crippen LogP contribution is -2.23. The van der Waals surface area contributed by atoms with Crippen LogP contribution in [-0.2, 0) is 4.79 Å². The first-order valence-electron chi connectivity index (χ1n) is 13.6. The molecule has 0 atom stereocenters. The highest BCUT2D eigenvalue weighted by molar-refractivity contribution is 6.32. The van der Waals surface area contributed by atoms with E-state index in [-0.39, 0.29) is 11.8 Å². The van der Waals surface area contributed by atoms with E-state index >= 15 is 0 Å². The van der Waals surface area contributed by atoms with Gasteiger partial charge < -0.3 is 5.32 Å². The van der Waals surface area contributed by atoms with Gasteiger partial charge in [0.1, 0.15) is 0 Å². The maximum Gasteiger partial charge on any atom is 0.188 e. The Morgan fingerprint density at radius 2 is 1.02 bits per heavy atom. The van der Waals surface area contributed by atoms with Crippen molar-refractivity contribution in [3.8, 4) is 0 Å². The molecule has 0 aliphatic carbocycles. The van der Waals surface area contributed by atoms with E-state index in [4.69, 9.17) is 0 Å². The van der Waals surface area contributed by atoms with Gasteiger partial charge in [0.25, 0.3) is 0 Å². The molecule has 0 fully saturated rings. The van der Waals surface area contributed by atoms with Crippen molar-refractivity contribution in [3.63, 3.8) is 0 Å². The average molecular weight is 520 g/mol. The zero-order valence-electron chi connectivity index (χ0n) is 22.9. The van der Waals surface area contributed by atoms with Crippen molar-refractivity contribution in [3.05, 3.63) is 185 Å². The topological polar surface area (TPSA) is 29.1 Å². The average Bonchev–Trinajstić information content (AvgIpc) is 3.01. The van der Waals surface area contributed by atoms with Crippen molar-refractivity contribution in [1.29, 1.82) is 0 Å².